The van der Waals surface area contributed by atoms with Crippen molar-refractivity contribution in [2.75, 3.05) is 6.54 Å². The van der Waals surface area contributed by atoms with E-state index in [2.05, 4.69) is 19.2 Å². The van der Waals surface area contributed by atoms with Crippen LogP contribution in [0.3, 0.4) is 0 Å². The van der Waals surface area contributed by atoms with E-state index in [1.807, 2.05) is 12.1 Å². The first kappa shape index (κ1) is 16.5. The molecule has 1 N–H and O–H groups in total. The van der Waals surface area contributed by atoms with E-state index in [1.165, 1.54) is 50.5 Å². The minimum absolute atomic E-state index is 0.134. The summed E-state index contributed by atoms with van der Waals surface area (Å²) in [4.78, 5) is 0. The Kier molecular flexibility index (Phi) is 6.69. The SMILES string of the molecule is CCCCC(CC)CC(CNC1CC1)c1ccc(F)cc1. The molecule has 0 aliphatic heterocycles. The molecule has 1 aromatic rings. The molecule has 1 saturated carbocycles. The number of hydrogen-bond donors (Lipinski definition) is 1. The summed E-state index contributed by atoms with van der Waals surface area (Å²) in [6, 6.07) is 7.89. The van der Waals surface area contributed by atoms with Gasteiger partial charge in [-0.3, -0.25) is 0 Å². The van der Waals surface area contributed by atoms with Gasteiger partial charge in [-0.05, 0) is 48.8 Å². The van der Waals surface area contributed by atoms with Crippen molar-refractivity contribution in [1.29, 1.82) is 0 Å². The van der Waals surface area contributed by atoms with Gasteiger partial charge in [0.25, 0.3) is 0 Å². The third-order valence-electron chi connectivity index (χ3n) is 4.73. The number of halogens is 1. The van der Waals surface area contributed by atoms with Crippen LogP contribution >= 0.6 is 0 Å². The maximum Gasteiger partial charge on any atom is 0.123 e. The third kappa shape index (κ3) is 5.78. The summed E-state index contributed by atoms with van der Waals surface area (Å²) in [5, 5.41) is 3.66. The molecule has 1 aromatic carbocycles. The fraction of sp³-hybridized carbons (Fsp3) is 0.684. The second kappa shape index (κ2) is 8.53. The van der Waals surface area contributed by atoms with Crippen LogP contribution in [0.5, 0.6) is 0 Å². The van der Waals surface area contributed by atoms with Crippen LogP contribution in [0.4, 0.5) is 4.39 Å². The molecule has 0 spiro atoms. The van der Waals surface area contributed by atoms with Gasteiger partial charge in [0, 0.05) is 12.6 Å². The molecule has 2 unspecified atom stereocenters. The van der Waals surface area contributed by atoms with E-state index in [4.69, 9.17) is 0 Å². The third-order valence-corrected chi connectivity index (χ3v) is 4.73. The lowest BCUT2D eigenvalue weighted by molar-refractivity contribution is 0.375. The van der Waals surface area contributed by atoms with Crippen LogP contribution in [0.15, 0.2) is 24.3 Å². The van der Waals surface area contributed by atoms with Crippen molar-refractivity contribution in [3.63, 3.8) is 0 Å². The van der Waals surface area contributed by atoms with Gasteiger partial charge in [-0.1, -0.05) is 51.7 Å². The van der Waals surface area contributed by atoms with Crippen molar-refractivity contribution in [2.45, 2.75) is 70.8 Å². The number of benzene rings is 1. The van der Waals surface area contributed by atoms with Gasteiger partial charge < -0.3 is 5.32 Å². The summed E-state index contributed by atoms with van der Waals surface area (Å²) in [6.45, 7) is 5.61. The van der Waals surface area contributed by atoms with Gasteiger partial charge in [-0.2, -0.15) is 0 Å². The van der Waals surface area contributed by atoms with Crippen LogP contribution in [-0.2, 0) is 0 Å². The summed E-state index contributed by atoms with van der Waals surface area (Å²) in [5.74, 6) is 1.18. The van der Waals surface area contributed by atoms with E-state index < -0.39 is 0 Å². The number of unbranched alkanes of at least 4 members (excludes halogenated alkanes) is 1. The second-order valence-electron chi connectivity index (χ2n) is 6.58. The molecule has 1 aliphatic rings. The summed E-state index contributed by atoms with van der Waals surface area (Å²) in [5.41, 5.74) is 1.29. The van der Waals surface area contributed by atoms with E-state index in [0.717, 1.165) is 18.5 Å². The fourth-order valence-corrected chi connectivity index (χ4v) is 3.05. The lowest BCUT2D eigenvalue weighted by Crippen LogP contribution is -2.25. The monoisotopic (exact) mass is 291 g/mol. The zero-order valence-electron chi connectivity index (χ0n) is 13.6. The summed E-state index contributed by atoms with van der Waals surface area (Å²) < 4.78 is 13.2. The molecular weight excluding hydrogens is 261 g/mol. The van der Waals surface area contributed by atoms with Crippen molar-refractivity contribution >= 4 is 0 Å². The molecule has 2 rings (SSSR count). The molecule has 0 saturated heterocycles. The van der Waals surface area contributed by atoms with Gasteiger partial charge in [0.2, 0.25) is 0 Å². The molecule has 118 valence electrons. The maximum atomic E-state index is 13.2. The van der Waals surface area contributed by atoms with E-state index in [-0.39, 0.29) is 5.82 Å². The van der Waals surface area contributed by atoms with Crippen LogP contribution in [0, 0.1) is 11.7 Å². The molecule has 21 heavy (non-hydrogen) atoms. The molecule has 0 aromatic heterocycles. The van der Waals surface area contributed by atoms with Crippen molar-refractivity contribution < 1.29 is 4.39 Å². The van der Waals surface area contributed by atoms with Gasteiger partial charge in [-0.15, -0.1) is 0 Å². The minimum Gasteiger partial charge on any atom is -0.313 e. The Balaban J connectivity index is 1.97. The summed E-state index contributed by atoms with van der Waals surface area (Å²) >= 11 is 0. The standard InChI is InChI=1S/C19H30FN/c1-3-5-6-15(4-2)13-17(14-21-19-11-12-19)16-7-9-18(20)10-8-16/h7-10,15,17,19,21H,3-6,11-14H2,1-2H3. The Bertz CT molecular complexity index is 397. The lowest BCUT2D eigenvalue weighted by atomic mass is 9.85. The van der Waals surface area contributed by atoms with Crippen LogP contribution in [-0.4, -0.2) is 12.6 Å². The molecule has 1 fully saturated rings. The van der Waals surface area contributed by atoms with Crippen LogP contribution < -0.4 is 5.32 Å². The van der Waals surface area contributed by atoms with Gasteiger partial charge in [-0.25, -0.2) is 4.39 Å². The molecule has 2 atom stereocenters. The highest BCUT2D eigenvalue weighted by atomic mass is 19.1. The van der Waals surface area contributed by atoms with E-state index in [1.54, 1.807) is 12.1 Å². The predicted octanol–water partition coefficient (Wildman–Crippen LogP) is 5.27. The smallest absolute Gasteiger partial charge is 0.123 e. The van der Waals surface area contributed by atoms with Crippen molar-refractivity contribution in [2.24, 2.45) is 5.92 Å². The van der Waals surface area contributed by atoms with Crippen molar-refractivity contribution in [3.8, 4) is 0 Å². The molecule has 0 bridgehead atoms. The first-order chi connectivity index (χ1) is 10.2. The average Bonchev–Trinajstić information content (AvgIpc) is 3.32. The molecule has 0 amide bonds. The molecule has 1 aliphatic carbocycles. The molecule has 2 heteroatoms. The highest BCUT2D eigenvalue weighted by Crippen LogP contribution is 2.29. The van der Waals surface area contributed by atoms with Crippen LogP contribution in [0.1, 0.15) is 70.3 Å². The first-order valence-electron chi connectivity index (χ1n) is 8.71. The van der Waals surface area contributed by atoms with E-state index in [0.29, 0.717) is 5.92 Å². The van der Waals surface area contributed by atoms with Crippen LogP contribution in [0.2, 0.25) is 0 Å². The number of hydrogen-bond acceptors (Lipinski definition) is 1. The van der Waals surface area contributed by atoms with Gasteiger partial charge in [0.1, 0.15) is 5.82 Å². The Hall–Kier alpha value is -0.890. The lowest BCUT2D eigenvalue weighted by Gasteiger charge is -2.24. The normalized spacial score (nSPS) is 17.7. The Morgan fingerprint density at radius 1 is 1.19 bits per heavy atom. The van der Waals surface area contributed by atoms with Crippen LogP contribution in [0.25, 0.3) is 0 Å². The minimum atomic E-state index is -0.134. The average molecular weight is 291 g/mol. The molecular formula is C19H30FN. The largest absolute Gasteiger partial charge is 0.313 e. The molecule has 1 nitrogen and oxygen atoms in total. The van der Waals surface area contributed by atoms with Gasteiger partial charge in [0.15, 0.2) is 0 Å². The van der Waals surface area contributed by atoms with Gasteiger partial charge in [0.05, 0.1) is 0 Å². The quantitative estimate of drug-likeness (QED) is 0.619. The van der Waals surface area contributed by atoms with E-state index in [9.17, 15) is 4.39 Å². The zero-order chi connectivity index (χ0) is 15.1. The second-order valence-corrected chi connectivity index (χ2v) is 6.58. The summed E-state index contributed by atoms with van der Waals surface area (Å²) in [6.07, 6.45) is 9.05. The molecule has 0 radical (unpaired) electrons. The topological polar surface area (TPSA) is 12.0 Å². The number of nitrogens with one attached hydrogen (secondary N) is 1. The zero-order valence-corrected chi connectivity index (χ0v) is 13.6. The predicted molar refractivity (Wildman–Crippen MR) is 88.1 cm³/mol. The highest BCUT2D eigenvalue weighted by molar-refractivity contribution is 5.21. The Morgan fingerprint density at radius 3 is 2.48 bits per heavy atom. The highest BCUT2D eigenvalue weighted by Gasteiger charge is 2.23. The Morgan fingerprint density at radius 2 is 1.90 bits per heavy atom. The van der Waals surface area contributed by atoms with Crippen molar-refractivity contribution in [1.82, 2.24) is 5.32 Å². The molecule has 0 heterocycles. The van der Waals surface area contributed by atoms with Crippen molar-refractivity contribution in [3.05, 3.63) is 35.6 Å². The Labute approximate surface area is 129 Å². The van der Waals surface area contributed by atoms with Gasteiger partial charge >= 0.3 is 0 Å². The first-order valence-corrected chi connectivity index (χ1v) is 8.71. The number of rotatable bonds is 10. The maximum absolute atomic E-state index is 13.2. The fourth-order valence-electron chi connectivity index (χ4n) is 3.05. The van der Waals surface area contributed by atoms with E-state index >= 15 is 0 Å². The summed E-state index contributed by atoms with van der Waals surface area (Å²) in [7, 11) is 0.